The van der Waals surface area contributed by atoms with Gasteiger partial charge in [-0.05, 0) is 42.8 Å². The molecule has 1 saturated heterocycles. The predicted molar refractivity (Wildman–Crippen MR) is 100 cm³/mol. The van der Waals surface area contributed by atoms with Gasteiger partial charge in [-0.2, -0.15) is 0 Å². The van der Waals surface area contributed by atoms with Crippen molar-refractivity contribution < 1.29 is 18.3 Å². The number of aryl methyl sites for hydroxylation is 1. The van der Waals surface area contributed by atoms with Gasteiger partial charge >= 0.3 is 0 Å². The molecule has 1 unspecified atom stereocenters. The van der Waals surface area contributed by atoms with E-state index in [1.807, 2.05) is 31.2 Å². The first-order chi connectivity index (χ1) is 12.8. The molecule has 4 rings (SSSR count). The molecule has 1 atom stereocenters. The van der Waals surface area contributed by atoms with Crippen molar-refractivity contribution in [2.45, 2.75) is 18.9 Å². The Hall–Kier alpha value is -2.87. The highest BCUT2D eigenvalue weighted by atomic mass is 19.3. The van der Waals surface area contributed by atoms with Crippen LogP contribution in [0, 0.1) is 6.92 Å². The third-order valence-corrected chi connectivity index (χ3v) is 4.69. The van der Waals surface area contributed by atoms with Crippen LogP contribution in [0.2, 0.25) is 0 Å². The number of nitrogens with zero attached hydrogens (tertiary/aromatic N) is 1. The largest absolute Gasteiger partial charge is 0.489 e. The molecule has 8 heteroatoms. The van der Waals surface area contributed by atoms with Crippen molar-refractivity contribution in [3.05, 3.63) is 42.0 Å². The third-order valence-electron chi connectivity index (χ3n) is 4.69. The molecule has 0 bridgehead atoms. The number of carbonyl (C=O) groups is 1. The molecule has 0 aliphatic carbocycles. The van der Waals surface area contributed by atoms with E-state index in [-0.39, 0.29) is 25.6 Å². The van der Waals surface area contributed by atoms with Crippen molar-refractivity contribution >= 4 is 28.7 Å². The summed E-state index contributed by atoms with van der Waals surface area (Å²) < 4.78 is 31.7. The highest BCUT2D eigenvalue weighted by Crippen LogP contribution is 2.35. The molecule has 0 saturated carbocycles. The van der Waals surface area contributed by atoms with Crippen LogP contribution in [0.4, 0.5) is 31.5 Å². The number of ether oxygens (including phenoxy) is 1. The molecular formula is C19H20F2N4O2. The Morgan fingerprint density at radius 3 is 2.74 bits per heavy atom. The SMILES string of the molecule is Cc1cc(N2CC(F)(F)C2)ccc1Nc1ccc2c(c1)OCC(N)C(=O)N2. The topological polar surface area (TPSA) is 79.6 Å². The monoisotopic (exact) mass is 374 g/mol. The van der Waals surface area contributed by atoms with E-state index >= 15 is 0 Å². The van der Waals surface area contributed by atoms with Gasteiger partial charge in [0.2, 0.25) is 5.91 Å². The van der Waals surface area contributed by atoms with E-state index in [0.29, 0.717) is 11.4 Å². The van der Waals surface area contributed by atoms with Gasteiger partial charge in [0.25, 0.3) is 5.92 Å². The number of fused-ring (bicyclic) bond motifs is 1. The van der Waals surface area contributed by atoms with E-state index in [1.165, 1.54) is 0 Å². The minimum Gasteiger partial charge on any atom is -0.489 e. The molecule has 2 heterocycles. The van der Waals surface area contributed by atoms with Crippen LogP contribution in [0.25, 0.3) is 0 Å². The molecule has 2 aromatic carbocycles. The van der Waals surface area contributed by atoms with Gasteiger partial charge in [0.15, 0.2) is 0 Å². The number of amides is 1. The van der Waals surface area contributed by atoms with Crippen LogP contribution >= 0.6 is 0 Å². The number of nitrogens with one attached hydrogen (secondary N) is 2. The number of hydrogen-bond donors (Lipinski definition) is 3. The van der Waals surface area contributed by atoms with E-state index in [2.05, 4.69) is 10.6 Å². The maximum Gasteiger partial charge on any atom is 0.282 e. The lowest BCUT2D eigenvalue weighted by molar-refractivity contribution is -0.117. The van der Waals surface area contributed by atoms with Crippen LogP contribution < -0.4 is 26.0 Å². The molecule has 142 valence electrons. The molecule has 0 radical (unpaired) electrons. The molecule has 0 aromatic heterocycles. The lowest BCUT2D eigenvalue weighted by Crippen LogP contribution is -2.56. The quantitative estimate of drug-likeness (QED) is 0.770. The average Bonchev–Trinajstić information content (AvgIpc) is 2.73. The number of alkyl halides is 2. The van der Waals surface area contributed by atoms with E-state index in [9.17, 15) is 13.6 Å². The second-order valence-corrected chi connectivity index (χ2v) is 6.95. The minimum atomic E-state index is -2.59. The van der Waals surface area contributed by atoms with Crippen LogP contribution in [-0.2, 0) is 4.79 Å². The molecule has 6 nitrogen and oxygen atoms in total. The highest BCUT2D eigenvalue weighted by Gasteiger charge is 2.43. The summed E-state index contributed by atoms with van der Waals surface area (Å²) in [6.45, 7) is 1.55. The summed E-state index contributed by atoms with van der Waals surface area (Å²) in [7, 11) is 0. The summed E-state index contributed by atoms with van der Waals surface area (Å²) in [6, 6.07) is 10.2. The molecule has 27 heavy (non-hydrogen) atoms. The van der Waals surface area contributed by atoms with Crippen molar-refractivity contribution in [3.63, 3.8) is 0 Å². The van der Waals surface area contributed by atoms with Gasteiger partial charge in [-0.3, -0.25) is 4.79 Å². The number of carbonyl (C=O) groups excluding carboxylic acids is 1. The second-order valence-electron chi connectivity index (χ2n) is 6.95. The first kappa shape index (κ1) is 17.5. The Labute approximate surface area is 155 Å². The summed E-state index contributed by atoms with van der Waals surface area (Å²) in [4.78, 5) is 13.4. The molecule has 2 aliphatic heterocycles. The van der Waals surface area contributed by atoms with Gasteiger partial charge in [-0.15, -0.1) is 0 Å². The van der Waals surface area contributed by atoms with E-state index in [1.54, 1.807) is 17.0 Å². The fourth-order valence-electron chi connectivity index (χ4n) is 3.14. The van der Waals surface area contributed by atoms with E-state index in [4.69, 9.17) is 10.5 Å². The standard InChI is InChI=1S/C19H20F2N4O2/c1-11-6-13(25-9-19(20,21)10-25)3-5-15(11)23-12-2-4-16-17(7-12)27-8-14(22)18(26)24-16/h2-7,14,23H,8-10,22H2,1H3,(H,24,26). The van der Waals surface area contributed by atoms with E-state index in [0.717, 1.165) is 22.6 Å². The number of hydrogen-bond acceptors (Lipinski definition) is 5. The van der Waals surface area contributed by atoms with Crippen molar-refractivity contribution in [2.24, 2.45) is 5.73 Å². The third kappa shape index (κ3) is 3.52. The highest BCUT2D eigenvalue weighted by molar-refractivity contribution is 5.97. The maximum atomic E-state index is 13.1. The number of benzene rings is 2. The van der Waals surface area contributed by atoms with E-state index < -0.39 is 12.0 Å². The number of halogens is 2. The Morgan fingerprint density at radius 1 is 1.26 bits per heavy atom. The van der Waals surface area contributed by atoms with Crippen molar-refractivity contribution in [2.75, 3.05) is 35.2 Å². The fourth-order valence-corrected chi connectivity index (χ4v) is 3.14. The molecule has 1 amide bonds. The molecule has 0 spiro atoms. The Balaban J connectivity index is 1.50. The normalized spacial score (nSPS) is 20.7. The Bertz CT molecular complexity index is 895. The molecule has 2 aromatic rings. The zero-order valence-corrected chi connectivity index (χ0v) is 14.8. The molecule has 2 aliphatic rings. The van der Waals surface area contributed by atoms with Gasteiger partial charge in [-0.1, -0.05) is 0 Å². The number of rotatable bonds is 3. The lowest BCUT2D eigenvalue weighted by atomic mass is 10.1. The molecular weight excluding hydrogens is 354 g/mol. The summed E-state index contributed by atoms with van der Waals surface area (Å²) in [5.41, 5.74) is 9.65. The van der Waals surface area contributed by atoms with Gasteiger partial charge in [0, 0.05) is 23.1 Å². The molecule has 4 N–H and O–H groups in total. The van der Waals surface area contributed by atoms with Crippen LogP contribution in [-0.4, -0.2) is 37.6 Å². The summed E-state index contributed by atoms with van der Waals surface area (Å²) >= 11 is 0. The van der Waals surface area contributed by atoms with Crippen molar-refractivity contribution in [1.29, 1.82) is 0 Å². The van der Waals surface area contributed by atoms with Gasteiger partial charge in [0.05, 0.1) is 18.8 Å². The first-order valence-corrected chi connectivity index (χ1v) is 8.64. The van der Waals surface area contributed by atoms with Gasteiger partial charge < -0.3 is 26.0 Å². The average molecular weight is 374 g/mol. The smallest absolute Gasteiger partial charge is 0.282 e. The van der Waals surface area contributed by atoms with Gasteiger partial charge in [-0.25, -0.2) is 8.78 Å². The predicted octanol–water partition coefficient (Wildman–Crippen LogP) is 2.85. The van der Waals surface area contributed by atoms with Crippen LogP contribution in [0.5, 0.6) is 5.75 Å². The zero-order valence-electron chi connectivity index (χ0n) is 14.8. The minimum absolute atomic E-state index is 0.108. The summed E-state index contributed by atoms with van der Waals surface area (Å²) in [5.74, 6) is -2.33. The van der Waals surface area contributed by atoms with Crippen LogP contribution in [0.1, 0.15) is 5.56 Å². The maximum absolute atomic E-state index is 13.1. The van der Waals surface area contributed by atoms with Crippen LogP contribution in [0.3, 0.4) is 0 Å². The summed E-state index contributed by atoms with van der Waals surface area (Å²) in [6.07, 6.45) is 0. The second kappa shape index (κ2) is 6.38. The lowest BCUT2D eigenvalue weighted by Gasteiger charge is -2.40. The zero-order chi connectivity index (χ0) is 19.2. The number of anilines is 4. The van der Waals surface area contributed by atoms with Crippen molar-refractivity contribution in [1.82, 2.24) is 0 Å². The van der Waals surface area contributed by atoms with Gasteiger partial charge in [0.1, 0.15) is 18.4 Å². The summed E-state index contributed by atoms with van der Waals surface area (Å²) in [5, 5.41) is 6.02. The Kier molecular flexibility index (Phi) is 4.15. The molecule has 1 fully saturated rings. The number of nitrogens with two attached hydrogens (primary N) is 1. The first-order valence-electron chi connectivity index (χ1n) is 8.64. The Morgan fingerprint density at radius 2 is 2.04 bits per heavy atom. The van der Waals surface area contributed by atoms with Crippen LogP contribution in [0.15, 0.2) is 36.4 Å². The van der Waals surface area contributed by atoms with Crippen molar-refractivity contribution in [3.8, 4) is 5.75 Å². The fraction of sp³-hybridized carbons (Fsp3) is 0.316.